The summed E-state index contributed by atoms with van der Waals surface area (Å²) in [7, 11) is 3.15. The van der Waals surface area contributed by atoms with Crippen LogP contribution in [-0.2, 0) is 13.6 Å². The van der Waals surface area contributed by atoms with Crippen LogP contribution in [0.1, 0.15) is 5.82 Å². The number of hydrogen-bond acceptors (Lipinski definition) is 7. The Morgan fingerprint density at radius 2 is 2.26 bits per heavy atom. The Bertz CT molecular complexity index is 597. The van der Waals surface area contributed by atoms with Gasteiger partial charge in [-0.1, -0.05) is 0 Å². The van der Waals surface area contributed by atoms with Crippen LogP contribution in [0.2, 0.25) is 0 Å². The highest BCUT2D eigenvalue weighted by atomic mass is 16.6. The van der Waals surface area contributed by atoms with Crippen molar-refractivity contribution in [2.45, 2.75) is 6.54 Å². The number of aromatic nitrogens is 4. The Labute approximate surface area is 108 Å². The molecule has 0 amide bonds. The second-order valence-corrected chi connectivity index (χ2v) is 3.65. The van der Waals surface area contributed by atoms with Crippen molar-refractivity contribution in [1.82, 2.24) is 19.5 Å². The van der Waals surface area contributed by atoms with E-state index in [2.05, 4.69) is 20.3 Å². The van der Waals surface area contributed by atoms with Crippen LogP contribution in [0.4, 0.5) is 11.5 Å². The lowest BCUT2D eigenvalue weighted by molar-refractivity contribution is -0.385. The molecule has 0 fully saturated rings. The summed E-state index contributed by atoms with van der Waals surface area (Å²) in [6.45, 7) is 0.310. The van der Waals surface area contributed by atoms with Crippen LogP contribution in [0.5, 0.6) is 5.88 Å². The largest absolute Gasteiger partial charge is 0.476 e. The zero-order valence-electron chi connectivity index (χ0n) is 10.4. The smallest absolute Gasteiger partial charge is 0.372 e. The summed E-state index contributed by atoms with van der Waals surface area (Å²) >= 11 is 0. The Hall–Kier alpha value is -2.71. The van der Waals surface area contributed by atoms with Gasteiger partial charge in [-0.3, -0.25) is 10.1 Å². The molecule has 9 heteroatoms. The van der Waals surface area contributed by atoms with E-state index in [0.29, 0.717) is 6.54 Å². The third kappa shape index (κ3) is 2.59. The van der Waals surface area contributed by atoms with Gasteiger partial charge in [0.2, 0.25) is 5.82 Å². The van der Waals surface area contributed by atoms with Gasteiger partial charge in [0.1, 0.15) is 12.2 Å². The number of imidazole rings is 1. The fourth-order valence-corrected chi connectivity index (χ4v) is 1.54. The number of nitro groups is 1. The fourth-order valence-electron chi connectivity index (χ4n) is 1.54. The van der Waals surface area contributed by atoms with E-state index in [1.54, 1.807) is 17.0 Å². The molecule has 2 heterocycles. The van der Waals surface area contributed by atoms with Crippen molar-refractivity contribution in [2.75, 3.05) is 12.4 Å². The fraction of sp³-hybridized carbons (Fsp3) is 0.300. The standard InChI is InChI=1S/C10H12N6O3/c1-15-4-3-11-7(15)5-12-9-8(16(17)18)10(19-2)14-6-13-9/h3-4,6H,5H2,1-2H3,(H,12,13,14). The highest BCUT2D eigenvalue weighted by Crippen LogP contribution is 2.30. The quantitative estimate of drug-likeness (QED) is 0.626. The number of anilines is 1. The Morgan fingerprint density at radius 3 is 2.84 bits per heavy atom. The number of methoxy groups -OCH3 is 1. The van der Waals surface area contributed by atoms with E-state index in [9.17, 15) is 10.1 Å². The first-order chi connectivity index (χ1) is 9.13. The second kappa shape index (κ2) is 5.29. The van der Waals surface area contributed by atoms with Crippen molar-refractivity contribution in [3.05, 3.63) is 34.7 Å². The average Bonchev–Trinajstić information content (AvgIpc) is 2.81. The SMILES string of the molecule is COc1ncnc(NCc2nccn2C)c1[N+](=O)[O-]. The van der Waals surface area contributed by atoms with Crippen LogP contribution >= 0.6 is 0 Å². The number of rotatable bonds is 5. The van der Waals surface area contributed by atoms with Crippen molar-refractivity contribution in [2.24, 2.45) is 7.05 Å². The molecule has 1 N–H and O–H groups in total. The van der Waals surface area contributed by atoms with Crippen LogP contribution in [0.3, 0.4) is 0 Å². The van der Waals surface area contributed by atoms with E-state index in [1.165, 1.54) is 13.4 Å². The maximum atomic E-state index is 11.0. The summed E-state index contributed by atoms with van der Waals surface area (Å²) in [5, 5.41) is 13.9. The minimum absolute atomic E-state index is 0.0812. The summed E-state index contributed by atoms with van der Waals surface area (Å²) in [4.78, 5) is 22.1. The van der Waals surface area contributed by atoms with Crippen molar-refractivity contribution >= 4 is 11.5 Å². The molecule has 0 bridgehead atoms. The molecule has 19 heavy (non-hydrogen) atoms. The Morgan fingerprint density at radius 1 is 1.47 bits per heavy atom. The number of nitrogens with zero attached hydrogens (tertiary/aromatic N) is 5. The van der Waals surface area contributed by atoms with Crippen LogP contribution in [0.25, 0.3) is 0 Å². The molecular formula is C10H12N6O3. The molecular weight excluding hydrogens is 252 g/mol. The molecule has 0 saturated carbocycles. The lowest BCUT2D eigenvalue weighted by atomic mass is 10.4. The van der Waals surface area contributed by atoms with E-state index in [0.717, 1.165) is 5.82 Å². The van der Waals surface area contributed by atoms with Gasteiger partial charge in [0.05, 0.1) is 18.6 Å². The Balaban J connectivity index is 2.25. The van der Waals surface area contributed by atoms with Crippen LogP contribution < -0.4 is 10.1 Å². The maximum Gasteiger partial charge on any atom is 0.372 e. The van der Waals surface area contributed by atoms with Gasteiger partial charge < -0.3 is 14.6 Å². The number of aryl methyl sites for hydroxylation is 1. The molecule has 0 aliphatic heterocycles. The first-order valence-electron chi connectivity index (χ1n) is 5.37. The van der Waals surface area contributed by atoms with E-state index in [1.807, 2.05) is 7.05 Å². The molecule has 9 nitrogen and oxygen atoms in total. The van der Waals surface area contributed by atoms with Crippen LogP contribution in [0, 0.1) is 10.1 Å². The van der Waals surface area contributed by atoms with Gasteiger partial charge in [-0.25, -0.2) is 9.97 Å². The molecule has 0 saturated heterocycles. The molecule has 0 radical (unpaired) electrons. The maximum absolute atomic E-state index is 11.0. The minimum atomic E-state index is -0.584. The summed E-state index contributed by atoms with van der Waals surface area (Å²) in [5.74, 6) is 0.745. The van der Waals surface area contributed by atoms with Gasteiger partial charge in [-0.15, -0.1) is 0 Å². The van der Waals surface area contributed by atoms with Crippen LogP contribution in [0.15, 0.2) is 18.7 Å². The first kappa shape index (κ1) is 12.7. The highest BCUT2D eigenvalue weighted by molar-refractivity contribution is 5.60. The molecule has 0 spiro atoms. The third-order valence-electron chi connectivity index (χ3n) is 2.50. The van der Waals surface area contributed by atoms with E-state index >= 15 is 0 Å². The predicted octanol–water partition coefficient (Wildman–Crippen LogP) is 0.739. The zero-order chi connectivity index (χ0) is 13.8. The summed E-state index contributed by atoms with van der Waals surface area (Å²) in [6, 6.07) is 0. The predicted molar refractivity (Wildman–Crippen MR) is 65.8 cm³/mol. The number of hydrogen-bond donors (Lipinski definition) is 1. The lowest BCUT2D eigenvalue weighted by Gasteiger charge is -2.07. The normalized spacial score (nSPS) is 10.2. The highest BCUT2D eigenvalue weighted by Gasteiger charge is 2.23. The summed E-state index contributed by atoms with van der Waals surface area (Å²) in [6.07, 6.45) is 4.63. The van der Waals surface area contributed by atoms with E-state index in [-0.39, 0.29) is 17.4 Å². The van der Waals surface area contributed by atoms with E-state index < -0.39 is 4.92 Å². The monoisotopic (exact) mass is 264 g/mol. The van der Waals surface area contributed by atoms with Gasteiger partial charge in [-0.05, 0) is 0 Å². The first-order valence-corrected chi connectivity index (χ1v) is 5.37. The summed E-state index contributed by atoms with van der Waals surface area (Å²) in [5.41, 5.74) is -0.292. The Kier molecular flexibility index (Phi) is 3.55. The molecule has 0 aliphatic carbocycles. The van der Waals surface area contributed by atoms with Gasteiger partial charge in [0, 0.05) is 19.4 Å². The van der Waals surface area contributed by atoms with Crippen molar-refractivity contribution in [3.63, 3.8) is 0 Å². The molecule has 100 valence electrons. The molecule has 2 aromatic rings. The number of nitrogens with one attached hydrogen (secondary N) is 1. The van der Waals surface area contributed by atoms with Gasteiger partial charge in [0.15, 0.2) is 0 Å². The van der Waals surface area contributed by atoms with Gasteiger partial charge in [0.25, 0.3) is 5.88 Å². The van der Waals surface area contributed by atoms with Crippen molar-refractivity contribution in [3.8, 4) is 5.88 Å². The lowest BCUT2D eigenvalue weighted by Crippen LogP contribution is -2.09. The second-order valence-electron chi connectivity index (χ2n) is 3.65. The summed E-state index contributed by atoms with van der Waals surface area (Å²) < 4.78 is 6.66. The molecule has 2 rings (SSSR count). The molecule has 0 aromatic carbocycles. The van der Waals surface area contributed by atoms with Gasteiger partial charge >= 0.3 is 5.69 Å². The van der Waals surface area contributed by atoms with E-state index in [4.69, 9.17) is 4.74 Å². The van der Waals surface area contributed by atoms with Crippen molar-refractivity contribution < 1.29 is 9.66 Å². The molecule has 0 aliphatic rings. The molecule has 0 unspecified atom stereocenters. The number of ether oxygens (including phenoxy) is 1. The molecule has 0 atom stereocenters. The topological polar surface area (TPSA) is 108 Å². The third-order valence-corrected chi connectivity index (χ3v) is 2.50. The van der Waals surface area contributed by atoms with Gasteiger partial charge in [-0.2, -0.15) is 4.98 Å². The minimum Gasteiger partial charge on any atom is -0.476 e. The average molecular weight is 264 g/mol. The molecule has 2 aromatic heterocycles. The van der Waals surface area contributed by atoms with Crippen LogP contribution in [-0.4, -0.2) is 31.6 Å². The zero-order valence-corrected chi connectivity index (χ0v) is 10.4. The van der Waals surface area contributed by atoms with Crippen molar-refractivity contribution in [1.29, 1.82) is 0 Å².